The average molecular weight is 230 g/mol. The molecule has 88 valence electrons. The van der Waals surface area contributed by atoms with Gasteiger partial charge in [0.05, 0.1) is 12.8 Å². The van der Waals surface area contributed by atoms with Crippen LogP contribution >= 0.6 is 0 Å². The molecule has 0 bridgehead atoms. The summed E-state index contributed by atoms with van der Waals surface area (Å²) in [7, 11) is 0. The third-order valence-electron chi connectivity index (χ3n) is 2.48. The van der Waals surface area contributed by atoms with Crippen molar-refractivity contribution in [2.24, 2.45) is 0 Å². The van der Waals surface area contributed by atoms with Crippen LogP contribution in [-0.2, 0) is 6.54 Å². The van der Waals surface area contributed by atoms with E-state index in [9.17, 15) is 4.79 Å². The summed E-state index contributed by atoms with van der Waals surface area (Å²) in [6.45, 7) is 2.09. The third kappa shape index (κ3) is 2.66. The highest BCUT2D eigenvalue weighted by atomic mass is 16.3. The predicted octanol–water partition coefficient (Wildman–Crippen LogP) is 2.68. The highest BCUT2D eigenvalue weighted by Gasteiger charge is 2.05. The van der Waals surface area contributed by atoms with Gasteiger partial charge in [-0.15, -0.1) is 0 Å². The average Bonchev–Trinajstić information content (AvgIpc) is 2.78. The van der Waals surface area contributed by atoms with Crippen LogP contribution in [0.15, 0.2) is 41.0 Å². The molecule has 1 aromatic heterocycles. The number of anilines is 2. The Bertz CT molecular complexity index is 518. The maximum atomic E-state index is 11.2. The monoisotopic (exact) mass is 230 g/mol. The summed E-state index contributed by atoms with van der Waals surface area (Å²) >= 11 is 0. The summed E-state index contributed by atoms with van der Waals surface area (Å²) in [5.74, 6) is 0.819. The minimum absolute atomic E-state index is 0.0277. The molecule has 4 nitrogen and oxygen atoms in total. The largest absolute Gasteiger partial charge is 0.467 e. The van der Waals surface area contributed by atoms with Crippen molar-refractivity contribution in [3.63, 3.8) is 0 Å². The summed E-state index contributed by atoms with van der Waals surface area (Å²) in [6, 6.07) is 9.03. The van der Waals surface area contributed by atoms with Gasteiger partial charge in [-0.1, -0.05) is 0 Å². The molecule has 0 fully saturated rings. The van der Waals surface area contributed by atoms with Gasteiger partial charge in [-0.05, 0) is 37.3 Å². The third-order valence-corrected chi connectivity index (χ3v) is 2.48. The second-order valence-electron chi connectivity index (χ2n) is 3.79. The van der Waals surface area contributed by atoms with E-state index in [0.29, 0.717) is 17.8 Å². The van der Waals surface area contributed by atoms with Crippen molar-refractivity contribution in [3.8, 4) is 0 Å². The predicted molar refractivity (Wildman–Crippen MR) is 66.9 cm³/mol. The van der Waals surface area contributed by atoms with Gasteiger partial charge in [0.25, 0.3) is 0 Å². The first-order valence-electron chi connectivity index (χ1n) is 5.33. The second-order valence-corrected chi connectivity index (χ2v) is 3.79. The van der Waals surface area contributed by atoms with Crippen molar-refractivity contribution >= 4 is 17.2 Å². The Kier molecular flexibility index (Phi) is 3.14. The summed E-state index contributed by atoms with van der Waals surface area (Å²) < 4.78 is 5.20. The molecule has 0 unspecified atom stereocenters. The van der Waals surface area contributed by atoms with Crippen LogP contribution in [0.2, 0.25) is 0 Å². The first-order chi connectivity index (χ1) is 8.16. The number of nitrogens with two attached hydrogens (primary N) is 1. The number of benzene rings is 1. The van der Waals surface area contributed by atoms with Crippen LogP contribution in [0.1, 0.15) is 23.0 Å². The lowest BCUT2D eigenvalue weighted by Gasteiger charge is -2.07. The first kappa shape index (κ1) is 11.3. The molecule has 0 aliphatic carbocycles. The molecule has 0 saturated heterocycles. The van der Waals surface area contributed by atoms with E-state index in [1.807, 2.05) is 18.2 Å². The van der Waals surface area contributed by atoms with Gasteiger partial charge in [0.1, 0.15) is 5.76 Å². The van der Waals surface area contributed by atoms with Crippen LogP contribution < -0.4 is 11.1 Å². The fraction of sp³-hybridized carbons (Fsp3) is 0.154. The molecule has 4 heteroatoms. The second kappa shape index (κ2) is 4.74. The summed E-state index contributed by atoms with van der Waals surface area (Å²) in [5.41, 5.74) is 7.69. The molecule has 0 aliphatic heterocycles. The van der Waals surface area contributed by atoms with Crippen molar-refractivity contribution in [2.75, 3.05) is 11.1 Å². The molecule has 0 saturated carbocycles. The zero-order valence-electron chi connectivity index (χ0n) is 9.57. The quantitative estimate of drug-likeness (QED) is 0.626. The number of carbonyl (C=O) groups excluding carboxylic acids is 1. The number of rotatable bonds is 4. The lowest BCUT2D eigenvalue weighted by atomic mass is 10.1. The molecule has 2 rings (SSSR count). The summed E-state index contributed by atoms with van der Waals surface area (Å²) in [5, 5.41) is 3.17. The molecule has 0 atom stereocenters. The number of carbonyl (C=O) groups is 1. The Morgan fingerprint density at radius 2 is 2.24 bits per heavy atom. The van der Waals surface area contributed by atoms with Crippen molar-refractivity contribution < 1.29 is 9.21 Å². The maximum absolute atomic E-state index is 11.2. The van der Waals surface area contributed by atoms with Gasteiger partial charge >= 0.3 is 0 Å². The number of hydrogen-bond acceptors (Lipinski definition) is 4. The number of nitrogens with one attached hydrogen (secondary N) is 1. The van der Waals surface area contributed by atoms with Gasteiger partial charge in [0.15, 0.2) is 5.78 Å². The molecule has 0 aliphatic rings. The smallest absolute Gasteiger partial charge is 0.161 e. The van der Waals surface area contributed by atoms with Crippen LogP contribution in [0.25, 0.3) is 0 Å². The van der Waals surface area contributed by atoms with E-state index in [1.165, 1.54) is 6.92 Å². The van der Waals surface area contributed by atoms with E-state index in [1.54, 1.807) is 18.4 Å². The molecule has 0 amide bonds. The SMILES string of the molecule is CC(=O)c1ccc(NCc2ccco2)cc1N. The van der Waals surface area contributed by atoms with E-state index in [0.717, 1.165) is 11.4 Å². The Labute approximate surface area is 99.4 Å². The first-order valence-corrected chi connectivity index (χ1v) is 5.33. The Hall–Kier alpha value is -2.23. The molecule has 3 N–H and O–H groups in total. The molecule has 2 aromatic rings. The Balaban J connectivity index is 2.07. The van der Waals surface area contributed by atoms with Gasteiger partial charge in [-0.25, -0.2) is 0 Å². The maximum Gasteiger partial charge on any atom is 0.161 e. The zero-order chi connectivity index (χ0) is 12.3. The molecule has 0 spiro atoms. The van der Waals surface area contributed by atoms with Gasteiger partial charge < -0.3 is 15.5 Å². The topological polar surface area (TPSA) is 68.3 Å². The van der Waals surface area contributed by atoms with Gasteiger partial charge in [-0.3, -0.25) is 4.79 Å². The molecule has 17 heavy (non-hydrogen) atoms. The normalized spacial score (nSPS) is 10.2. The van der Waals surface area contributed by atoms with Gasteiger partial charge in [0, 0.05) is 16.9 Å². The van der Waals surface area contributed by atoms with Crippen LogP contribution in [0.3, 0.4) is 0 Å². The lowest BCUT2D eigenvalue weighted by Crippen LogP contribution is -2.03. The number of nitrogen functional groups attached to an aromatic ring is 1. The van der Waals surface area contributed by atoms with Crippen molar-refractivity contribution in [2.45, 2.75) is 13.5 Å². The lowest BCUT2D eigenvalue weighted by molar-refractivity contribution is 0.101. The molecule has 1 heterocycles. The number of furan rings is 1. The minimum atomic E-state index is -0.0277. The van der Waals surface area contributed by atoms with E-state index in [4.69, 9.17) is 10.2 Å². The molecular formula is C13H14N2O2. The van der Waals surface area contributed by atoms with Crippen LogP contribution in [0.5, 0.6) is 0 Å². The van der Waals surface area contributed by atoms with Crippen LogP contribution in [0, 0.1) is 0 Å². The van der Waals surface area contributed by atoms with Gasteiger partial charge in [-0.2, -0.15) is 0 Å². The standard InChI is InChI=1S/C13H14N2O2/c1-9(16)12-5-4-10(7-13(12)14)15-8-11-3-2-6-17-11/h2-7,15H,8,14H2,1H3. The van der Waals surface area contributed by atoms with E-state index < -0.39 is 0 Å². The fourth-order valence-electron chi connectivity index (χ4n) is 1.60. The Morgan fingerprint density at radius 3 is 2.82 bits per heavy atom. The number of hydrogen-bond donors (Lipinski definition) is 2. The summed E-state index contributed by atoms with van der Waals surface area (Å²) in [4.78, 5) is 11.2. The highest BCUT2D eigenvalue weighted by molar-refractivity contribution is 5.99. The Morgan fingerprint density at radius 1 is 1.41 bits per heavy atom. The highest BCUT2D eigenvalue weighted by Crippen LogP contribution is 2.19. The number of Topliss-reactive ketones (excluding diaryl/α,β-unsaturated/α-hetero) is 1. The fourth-order valence-corrected chi connectivity index (χ4v) is 1.60. The number of ketones is 1. The van der Waals surface area contributed by atoms with Crippen molar-refractivity contribution in [3.05, 3.63) is 47.9 Å². The van der Waals surface area contributed by atoms with E-state index >= 15 is 0 Å². The van der Waals surface area contributed by atoms with E-state index in [2.05, 4.69) is 5.32 Å². The molecular weight excluding hydrogens is 216 g/mol. The van der Waals surface area contributed by atoms with Crippen LogP contribution in [0.4, 0.5) is 11.4 Å². The molecule has 1 aromatic carbocycles. The molecule has 0 radical (unpaired) electrons. The van der Waals surface area contributed by atoms with Crippen LogP contribution in [-0.4, -0.2) is 5.78 Å². The van der Waals surface area contributed by atoms with Crippen molar-refractivity contribution in [1.82, 2.24) is 0 Å². The minimum Gasteiger partial charge on any atom is -0.467 e. The van der Waals surface area contributed by atoms with Gasteiger partial charge in [0.2, 0.25) is 0 Å². The summed E-state index contributed by atoms with van der Waals surface area (Å²) in [6.07, 6.45) is 1.63. The van der Waals surface area contributed by atoms with Crippen molar-refractivity contribution in [1.29, 1.82) is 0 Å². The van der Waals surface area contributed by atoms with E-state index in [-0.39, 0.29) is 5.78 Å². The zero-order valence-corrected chi connectivity index (χ0v) is 9.57.